The Hall–Kier alpha value is -1.22. The second-order valence-electron chi connectivity index (χ2n) is 6.55. The van der Waals surface area contributed by atoms with Crippen LogP contribution in [-0.4, -0.2) is 60.4 Å². The largest absolute Gasteiger partial charge is 0.497 e. The van der Waals surface area contributed by atoms with Gasteiger partial charge < -0.3 is 33.9 Å². The van der Waals surface area contributed by atoms with Gasteiger partial charge in [0.25, 0.3) is 0 Å². The molecule has 3 rings (SSSR count). The molecule has 2 saturated heterocycles. The van der Waals surface area contributed by atoms with Crippen LogP contribution in [0.25, 0.3) is 0 Å². The summed E-state index contributed by atoms with van der Waals surface area (Å²) in [7, 11) is 1.61. The summed E-state index contributed by atoms with van der Waals surface area (Å²) in [5, 5.41) is 19.5. The number of hydrogen-bond donors (Lipinski definition) is 2. The van der Waals surface area contributed by atoms with E-state index in [0.717, 1.165) is 11.3 Å². The molecule has 1 aromatic carbocycles. The van der Waals surface area contributed by atoms with Crippen molar-refractivity contribution in [3.63, 3.8) is 0 Å². The van der Waals surface area contributed by atoms with E-state index in [1.54, 1.807) is 21.0 Å². The van der Waals surface area contributed by atoms with Gasteiger partial charge in [-0.15, -0.1) is 0 Å². The van der Waals surface area contributed by atoms with Crippen LogP contribution in [0.5, 0.6) is 5.75 Å². The molecule has 0 aromatic heterocycles. The highest BCUT2D eigenvalue weighted by Gasteiger charge is 2.62. The Morgan fingerprint density at radius 3 is 2.29 bits per heavy atom. The Kier molecular flexibility index (Phi) is 4.83. The fraction of sp³-hybridized carbons (Fsp3) is 0.647. The molecular weight excluding hydrogens is 316 g/mol. The van der Waals surface area contributed by atoms with Crippen molar-refractivity contribution in [2.75, 3.05) is 20.3 Å². The zero-order valence-electron chi connectivity index (χ0n) is 14.1. The smallest absolute Gasteiger partial charge is 0.190 e. The molecule has 0 amide bonds. The van der Waals surface area contributed by atoms with Crippen LogP contribution in [0.15, 0.2) is 24.3 Å². The van der Waals surface area contributed by atoms with E-state index in [1.165, 1.54) is 0 Å². The maximum absolute atomic E-state index is 9.75. The zero-order valence-corrected chi connectivity index (χ0v) is 14.1. The number of rotatable bonds is 6. The van der Waals surface area contributed by atoms with Crippen LogP contribution in [0.1, 0.15) is 19.4 Å². The van der Waals surface area contributed by atoms with Crippen molar-refractivity contribution >= 4 is 0 Å². The van der Waals surface area contributed by atoms with Gasteiger partial charge in [-0.3, -0.25) is 0 Å². The van der Waals surface area contributed by atoms with E-state index in [-0.39, 0.29) is 6.61 Å². The molecule has 0 bridgehead atoms. The van der Waals surface area contributed by atoms with Gasteiger partial charge in [0.15, 0.2) is 12.1 Å². The first-order valence-electron chi connectivity index (χ1n) is 7.93. The number of aliphatic hydroxyl groups excluding tert-OH is 2. The summed E-state index contributed by atoms with van der Waals surface area (Å²) in [6.45, 7) is 3.07. The topological polar surface area (TPSA) is 86.6 Å². The third-order valence-corrected chi connectivity index (χ3v) is 4.38. The summed E-state index contributed by atoms with van der Waals surface area (Å²) in [4.78, 5) is 0. The molecule has 0 radical (unpaired) electrons. The van der Waals surface area contributed by atoms with Crippen molar-refractivity contribution in [1.29, 1.82) is 0 Å². The number of methoxy groups -OCH3 is 1. The molecule has 2 aliphatic rings. The van der Waals surface area contributed by atoms with Gasteiger partial charge in [0, 0.05) is 0 Å². The van der Waals surface area contributed by atoms with E-state index in [4.69, 9.17) is 23.7 Å². The van der Waals surface area contributed by atoms with Crippen molar-refractivity contribution in [3.05, 3.63) is 29.8 Å². The van der Waals surface area contributed by atoms with Crippen LogP contribution in [0, 0.1) is 0 Å². The standard InChI is InChI=1S/C17H24O7/c1-16(2)22-13-14(17(9-18,10-19)24-15(13)23-16)21-8-11-4-6-12(20-3)7-5-11/h4-7,13-15,18-19H,8-10H2,1-3H3/t13-,14+,15+/m1/s1. The number of hydrogen-bond acceptors (Lipinski definition) is 7. The fourth-order valence-corrected chi connectivity index (χ4v) is 3.11. The van der Waals surface area contributed by atoms with E-state index in [1.807, 2.05) is 24.3 Å². The minimum absolute atomic E-state index is 0.285. The van der Waals surface area contributed by atoms with Gasteiger partial charge in [-0.2, -0.15) is 0 Å². The fourth-order valence-electron chi connectivity index (χ4n) is 3.11. The first kappa shape index (κ1) is 17.6. The molecule has 2 aliphatic heterocycles. The summed E-state index contributed by atoms with van der Waals surface area (Å²) < 4.78 is 28.4. The average Bonchev–Trinajstić information content (AvgIpc) is 3.02. The lowest BCUT2D eigenvalue weighted by molar-refractivity contribution is -0.258. The van der Waals surface area contributed by atoms with Gasteiger partial charge in [0.2, 0.25) is 0 Å². The third kappa shape index (κ3) is 3.15. The van der Waals surface area contributed by atoms with Crippen molar-refractivity contribution < 1.29 is 33.9 Å². The van der Waals surface area contributed by atoms with Gasteiger partial charge in [0.1, 0.15) is 23.6 Å². The molecule has 7 heteroatoms. The summed E-state index contributed by atoms with van der Waals surface area (Å²) in [6.07, 6.45) is -1.85. The first-order valence-corrected chi connectivity index (χ1v) is 7.93. The van der Waals surface area contributed by atoms with Gasteiger partial charge in [-0.05, 0) is 31.5 Å². The lowest BCUT2D eigenvalue weighted by atomic mass is 9.97. The molecule has 0 unspecified atom stereocenters. The molecule has 0 aliphatic carbocycles. The Labute approximate surface area is 141 Å². The Morgan fingerprint density at radius 2 is 1.71 bits per heavy atom. The molecule has 24 heavy (non-hydrogen) atoms. The predicted molar refractivity (Wildman–Crippen MR) is 83.4 cm³/mol. The highest BCUT2D eigenvalue weighted by molar-refractivity contribution is 5.26. The molecule has 2 heterocycles. The minimum Gasteiger partial charge on any atom is -0.497 e. The molecule has 0 spiro atoms. The van der Waals surface area contributed by atoms with Crippen molar-refractivity contribution in [2.24, 2.45) is 0 Å². The van der Waals surface area contributed by atoms with Crippen LogP contribution in [0.2, 0.25) is 0 Å². The van der Waals surface area contributed by atoms with Crippen LogP contribution < -0.4 is 4.74 Å². The molecule has 0 saturated carbocycles. The molecule has 3 atom stereocenters. The number of benzene rings is 1. The Bertz CT molecular complexity index is 553. The molecule has 7 nitrogen and oxygen atoms in total. The normalized spacial score (nSPS) is 30.3. The maximum Gasteiger partial charge on any atom is 0.190 e. The number of ether oxygens (including phenoxy) is 5. The van der Waals surface area contributed by atoms with E-state index >= 15 is 0 Å². The first-order chi connectivity index (χ1) is 11.4. The van der Waals surface area contributed by atoms with E-state index in [9.17, 15) is 10.2 Å². The molecule has 1 aromatic rings. The lowest BCUT2D eigenvalue weighted by Gasteiger charge is -2.33. The number of fused-ring (bicyclic) bond motifs is 1. The highest BCUT2D eigenvalue weighted by Crippen LogP contribution is 2.43. The van der Waals surface area contributed by atoms with Gasteiger partial charge in [0.05, 0.1) is 26.9 Å². The second-order valence-corrected chi connectivity index (χ2v) is 6.55. The average molecular weight is 340 g/mol. The third-order valence-electron chi connectivity index (χ3n) is 4.38. The monoisotopic (exact) mass is 340 g/mol. The van der Waals surface area contributed by atoms with Crippen molar-refractivity contribution in [2.45, 2.75) is 50.3 Å². The summed E-state index contributed by atoms with van der Waals surface area (Å²) in [6, 6.07) is 7.47. The van der Waals surface area contributed by atoms with Crippen LogP contribution >= 0.6 is 0 Å². The van der Waals surface area contributed by atoms with Crippen LogP contribution in [0.3, 0.4) is 0 Å². The predicted octanol–water partition coefficient (Wildman–Crippen LogP) is 0.812. The van der Waals surface area contributed by atoms with Crippen molar-refractivity contribution in [1.82, 2.24) is 0 Å². The second kappa shape index (κ2) is 6.59. The van der Waals surface area contributed by atoms with Gasteiger partial charge in [-0.1, -0.05) is 12.1 Å². The lowest BCUT2D eigenvalue weighted by Crippen LogP contribution is -2.52. The van der Waals surface area contributed by atoms with Gasteiger partial charge in [-0.25, -0.2) is 0 Å². The van der Waals surface area contributed by atoms with Crippen LogP contribution in [-0.2, 0) is 25.6 Å². The highest BCUT2D eigenvalue weighted by atomic mass is 16.8. The minimum atomic E-state index is -1.25. The van der Waals surface area contributed by atoms with Gasteiger partial charge >= 0.3 is 0 Å². The number of aliphatic hydroxyl groups is 2. The molecular formula is C17H24O7. The quantitative estimate of drug-likeness (QED) is 0.792. The SMILES string of the molecule is COc1ccc(CO[C@H]2[C@H]3OC(C)(C)O[C@H]3OC2(CO)CO)cc1. The summed E-state index contributed by atoms with van der Waals surface area (Å²) in [5.41, 5.74) is -0.319. The van der Waals surface area contributed by atoms with E-state index in [0.29, 0.717) is 0 Å². The molecule has 2 fully saturated rings. The van der Waals surface area contributed by atoms with E-state index in [2.05, 4.69) is 0 Å². The van der Waals surface area contributed by atoms with Crippen LogP contribution in [0.4, 0.5) is 0 Å². The zero-order chi connectivity index (χ0) is 17.4. The molecule has 2 N–H and O–H groups in total. The van der Waals surface area contributed by atoms with Crippen molar-refractivity contribution in [3.8, 4) is 5.75 Å². The maximum atomic E-state index is 9.75. The summed E-state index contributed by atoms with van der Waals surface area (Å²) >= 11 is 0. The Balaban J connectivity index is 1.74. The summed E-state index contributed by atoms with van der Waals surface area (Å²) in [5.74, 6) is -0.0361. The molecule has 134 valence electrons. The Morgan fingerprint density at radius 1 is 1.04 bits per heavy atom. The van der Waals surface area contributed by atoms with E-state index < -0.39 is 43.1 Å².